The largest absolute Gasteiger partial charge is 0.301 e. The quantitative estimate of drug-likeness (QED) is 0.521. The standard InChI is InChI=1S/C9H12N2/c10-5-9-8-4-2-1-3-7(8)6-11-9/h1-2,7-9,11H,3-4,6H2/t7-,8-,9-/m0/s1. The van der Waals surface area contributed by atoms with Crippen LogP contribution in [0.15, 0.2) is 12.2 Å². The van der Waals surface area contributed by atoms with Gasteiger partial charge in [-0.1, -0.05) is 12.2 Å². The van der Waals surface area contributed by atoms with Gasteiger partial charge in [0.1, 0.15) is 0 Å². The van der Waals surface area contributed by atoms with Crippen molar-refractivity contribution in [1.82, 2.24) is 5.32 Å². The first kappa shape index (κ1) is 6.87. The van der Waals surface area contributed by atoms with Gasteiger partial charge in [0.15, 0.2) is 0 Å². The van der Waals surface area contributed by atoms with Crippen LogP contribution in [0.3, 0.4) is 0 Å². The third-order valence-corrected chi connectivity index (χ3v) is 2.79. The number of allylic oxidation sites excluding steroid dienone is 2. The number of nitrogens with one attached hydrogen (secondary N) is 1. The van der Waals surface area contributed by atoms with E-state index in [-0.39, 0.29) is 6.04 Å². The summed E-state index contributed by atoms with van der Waals surface area (Å²) < 4.78 is 0. The SMILES string of the molecule is N#C[C@@H]1NC[C@@H]2CC=CC[C@@H]21. The Morgan fingerprint density at radius 1 is 1.36 bits per heavy atom. The molecule has 0 aromatic carbocycles. The molecular formula is C9H12N2. The van der Waals surface area contributed by atoms with Crippen molar-refractivity contribution in [3.05, 3.63) is 12.2 Å². The van der Waals surface area contributed by atoms with Crippen LogP contribution >= 0.6 is 0 Å². The molecule has 2 aliphatic rings. The van der Waals surface area contributed by atoms with E-state index in [1.807, 2.05) is 0 Å². The van der Waals surface area contributed by atoms with Crippen molar-refractivity contribution in [3.63, 3.8) is 0 Å². The number of hydrogen-bond donors (Lipinski definition) is 1. The van der Waals surface area contributed by atoms with E-state index in [4.69, 9.17) is 5.26 Å². The average molecular weight is 148 g/mol. The van der Waals surface area contributed by atoms with Crippen molar-refractivity contribution in [3.8, 4) is 6.07 Å². The molecule has 0 aromatic heterocycles. The van der Waals surface area contributed by atoms with Gasteiger partial charge in [0.05, 0.1) is 12.1 Å². The van der Waals surface area contributed by atoms with Crippen LogP contribution in [-0.2, 0) is 0 Å². The van der Waals surface area contributed by atoms with Gasteiger partial charge in [-0.2, -0.15) is 5.26 Å². The molecule has 1 heterocycles. The third kappa shape index (κ3) is 1.06. The summed E-state index contributed by atoms with van der Waals surface area (Å²) in [4.78, 5) is 0. The van der Waals surface area contributed by atoms with Crippen LogP contribution in [-0.4, -0.2) is 12.6 Å². The predicted octanol–water partition coefficient (Wildman–Crippen LogP) is 1.06. The van der Waals surface area contributed by atoms with E-state index in [0.717, 1.165) is 25.3 Å². The Labute approximate surface area is 66.9 Å². The normalized spacial score (nSPS) is 41.5. The zero-order valence-electron chi connectivity index (χ0n) is 6.46. The van der Waals surface area contributed by atoms with Gasteiger partial charge in [-0.15, -0.1) is 0 Å². The second-order valence-corrected chi connectivity index (χ2v) is 3.38. The molecule has 0 unspecified atom stereocenters. The highest BCUT2D eigenvalue weighted by Crippen LogP contribution is 2.31. The molecule has 1 aliphatic heterocycles. The van der Waals surface area contributed by atoms with Gasteiger partial charge < -0.3 is 5.32 Å². The van der Waals surface area contributed by atoms with E-state index in [2.05, 4.69) is 23.5 Å². The number of rotatable bonds is 0. The summed E-state index contributed by atoms with van der Waals surface area (Å²) in [5.41, 5.74) is 0. The Hall–Kier alpha value is -0.810. The molecule has 2 heteroatoms. The maximum absolute atomic E-state index is 8.77. The molecule has 0 saturated carbocycles. The Balaban J connectivity index is 2.12. The molecule has 1 fully saturated rings. The van der Waals surface area contributed by atoms with Gasteiger partial charge in [0.2, 0.25) is 0 Å². The minimum atomic E-state index is 0.116. The maximum Gasteiger partial charge on any atom is 0.0987 e. The van der Waals surface area contributed by atoms with E-state index in [9.17, 15) is 0 Å². The van der Waals surface area contributed by atoms with Crippen molar-refractivity contribution in [2.75, 3.05) is 6.54 Å². The van der Waals surface area contributed by atoms with Crippen LogP contribution in [0.4, 0.5) is 0 Å². The average Bonchev–Trinajstić information content (AvgIpc) is 2.47. The van der Waals surface area contributed by atoms with Crippen LogP contribution in [0.25, 0.3) is 0 Å². The van der Waals surface area contributed by atoms with Crippen LogP contribution in [0.5, 0.6) is 0 Å². The predicted molar refractivity (Wildman–Crippen MR) is 42.8 cm³/mol. The molecule has 0 bridgehead atoms. The molecule has 0 radical (unpaired) electrons. The van der Waals surface area contributed by atoms with Crippen molar-refractivity contribution < 1.29 is 0 Å². The Morgan fingerprint density at radius 2 is 2.18 bits per heavy atom. The summed E-state index contributed by atoms with van der Waals surface area (Å²) in [6.07, 6.45) is 6.70. The Kier molecular flexibility index (Phi) is 1.67. The molecule has 0 aromatic rings. The second kappa shape index (κ2) is 2.67. The fourth-order valence-corrected chi connectivity index (χ4v) is 2.11. The van der Waals surface area contributed by atoms with E-state index >= 15 is 0 Å². The van der Waals surface area contributed by atoms with E-state index in [1.54, 1.807) is 0 Å². The topological polar surface area (TPSA) is 35.8 Å². The van der Waals surface area contributed by atoms with Gasteiger partial charge in [0, 0.05) is 0 Å². The molecule has 1 aliphatic carbocycles. The van der Waals surface area contributed by atoms with Gasteiger partial charge in [-0.25, -0.2) is 0 Å². The van der Waals surface area contributed by atoms with Gasteiger partial charge in [0.25, 0.3) is 0 Å². The minimum absolute atomic E-state index is 0.116. The molecule has 0 amide bonds. The molecule has 1 N–H and O–H groups in total. The van der Waals surface area contributed by atoms with E-state index < -0.39 is 0 Å². The number of nitriles is 1. The molecule has 11 heavy (non-hydrogen) atoms. The van der Waals surface area contributed by atoms with Crippen molar-refractivity contribution >= 4 is 0 Å². The number of fused-ring (bicyclic) bond motifs is 1. The molecule has 1 saturated heterocycles. The number of hydrogen-bond acceptors (Lipinski definition) is 2. The maximum atomic E-state index is 8.77. The summed E-state index contributed by atoms with van der Waals surface area (Å²) in [5, 5.41) is 12.0. The first-order valence-corrected chi connectivity index (χ1v) is 4.20. The summed E-state index contributed by atoms with van der Waals surface area (Å²) in [6.45, 7) is 1.03. The van der Waals surface area contributed by atoms with Crippen molar-refractivity contribution in [2.24, 2.45) is 11.8 Å². The van der Waals surface area contributed by atoms with Gasteiger partial charge in [-0.3, -0.25) is 0 Å². The first-order valence-electron chi connectivity index (χ1n) is 4.20. The molecule has 0 spiro atoms. The molecule has 58 valence electrons. The lowest BCUT2D eigenvalue weighted by molar-refractivity contribution is 0.386. The van der Waals surface area contributed by atoms with Crippen LogP contribution in [0.1, 0.15) is 12.8 Å². The highest BCUT2D eigenvalue weighted by Gasteiger charge is 2.35. The summed E-state index contributed by atoms with van der Waals surface area (Å²) in [7, 11) is 0. The van der Waals surface area contributed by atoms with Gasteiger partial charge in [-0.05, 0) is 31.2 Å². The van der Waals surface area contributed by atoms with Crippen molar-refractivity contribution in [2.45, 2.75) is 18.9 Å². The summed E-state index contributed by atoms with van der Waals surface area (Å²) in [6, 6.07) is 2.43. The zero-order chi connectivity index (χ0) is 7.68. The Bertz CT molecular complexity index is 214. The van der Waals surface area contributed by atoms with Crippen LogP contribution in [0, 0.1) is 23.2 Å². The van der Waals surface area contributed by atoms with Crippen molar-refractivity contribution in [1.29, 1.82) is 5.26 Å². The molecule has 2 rings (SSSR count). The molecular weight excluding hydrogens is 136 g/mol. The molecule has 3 atom stereocenters. The summed E-state index contributed by atoms with van der Waals surface area (Å²) in [5.74, 6) is 1.31. The second-order valence-electron chi connectivity index (χ2n) is 3.38. The number of nitrogens with zero attached hydrogens (tertiary/aromatic N) is 1. The molecule has 2 nitrogen and oxygen atoms in total. The van der Waals surface area contributed by atoms with E-state index in [1.165, 1.54) is 0 Å². The first-order chi connectivity index (χ1) is 5.42. The lowest BCUT2D eigenvalue weighted by Gasteiger charge is -2.20. The summed E-state index contributed by atoms with van der Waals surface area (Å²) >= 11 is 0. The minimum Gasteiger partial charge on any atom is -0.301 e. The Morgan fingerprint density at radius 3 is 3.00 bits per heavy atom. The van der Waals surface area contributed by atoms with Crippen LogP contribution in [0.2, 0.25) is 0 Å². The van der Waals surface area contributed by atoms with Crippen LogP contribution < -0.4 is 5.32 Å². The monoisotopic (exact) mass is 148 g/mol. The van der Waals surface area contributed by atoms with Gasteiger partial charge >= 0.3 is 0 Å². The van der Waals surface area contributed by atoms with E-state index in [0.29, 0.717) is 5.92 Å². The highest BCUT2D eigenvalue weighted by atomic mass is 15.0. The highest BCUT2D eigenvalue weighted by molar-refractivity contribution is 5.09. The smallest absolute Gasteiger partial charge is 0.0987 e. The fourth-order valence-electron chi connectivity index (χ4n) is 2.11. The zero-order valence-corrected chi connectivity index (χ0v) is 6.46. The lowest BCUT2D eigenvalue weighted by atomic mass is 9.82. The lowest BCUT2D eigenvalue weighted by Crippen LogP contribution is -2.25. The third-order valence-electron chi connectivity index (χ3n) is 2.79. The fraction of sp³-hybridized carbons (Fsp3) is 0.667.